The van der Waals surface area contributed by atoms with Gasteiger partial charge in [-0.3, -0.25) is 9.59 Å². The maximum absolute atomic E-state index is 11.3. The van der Waals surface area contributed by atoms with Crippen molar-refractivity contribution >= 4 is 23.6 Å². The van der Waals surface area contributed by atoms with Crippen LogP contribution in [0.1, 0.15) is 15.9 Å². The molecule has 110 valence electrons. The number of primary amides is 1. The number of aromatic nitrogens is 4. The second-order valence-electron chi connectivity index (χ2n) is 4.01. The van der Waals surface area contributed by atoms with E-state index in [1.165, 1.54) is 23.6 Å². The van der Waals surface area contributed by atoms with E-state index in [1.54, 1.807) is 12.1 Å². The predicted octanol–water partition coefficient (Wildman–Crippen LogP) is 0.237. The number of benzene rings is 1. The molecule has 0 saturated heterocycles. The van der Waals surface area contributed by atoms with Gasteiger partial charge in [-0.2, -0.15) is 0 Å². The molecular weight excluding hydrogens is 294 g/mol. The number of thioether (sulfide) groups is 1. The number of nitrogens with zero attached hydrogens (tertiary/aromatic N) is 4. The third-order valence-electron chi connectivity index (χ3n) is 2.65. The molecule has 0 atom stereocenters. The number of carbonyl (C=O) groups excluding carboxylic acids is 2. The van der Waals surface area contributed by atoms with Crippen LogP contribution in [0.15, 0.2) is 29.4 Å². The summed E-state index contributed by atoms with van der Waals surface area (Å²) in [5, 5.41) is 11.5. The topological polar surface area (TPSA) is 113 Å². The van der Waals surface area contributed by atoms with E-state index < -0.39 is 11.9 Å². The Morgan fingerprint density at radius 2 is 2.14 bits per heavy atom. The van der Waals surface area contributed by atoms with Crippen molar-refractivity contribution < 1.29 is 14.3 Å². The van der Waals surface area contributed by atoms with Crippen LogP contribution < -0.4 is 5.73 Å². The SMILES string of the molecule is COC(=O)Cn1nnnc1SCc1ccccc1C(N)=O. The van der Waals surface area contributed by atoms with E-state index in [1.807, 2.05) is 12.1 Å². The minimum absolute atomic E-state index is 0.0662. The molecule has 0 bridgehead atoms. The Kier molecular flexibility index (Phi) is 4.88. The van der Waals surface area contributed by atoms with Crippen molar-refractivity contribution in [3.63, 3.8) is 0 Å². The summed E-state index contributed by atoms with van der Waals surface area (Å²) in [7, 11) is 1.29. The van der Waals surface area contributed by atoms with Crippen molar-refractivity contribution in [3.8, 4) is 0 Å². The van der Waals surface area contributed by atoms with E-state index >= 15 is 0 Å². The normalized spacial score (nSPS) is 10.3. The minimum atomic E-state index is -0.486. The lowest BCUT2D eigenvalue weighted by Gasteiger charge is -2.06. The second kappa shape index (κ2) is 6.84. The van der Waals surface area contributed by atoms with Crippen LogP contribution in [0.4, 0.5) is 0 Å². The number of hydrogen-bond donors (Lipinski definition) is 1. The van der Waals surface area contributed by atoms with Gasteiger partial charge in [-0.25, -0.2) is 4.68 Å². The zero-order valence-corrected chi connectivity index (χ0v) is 12.0. The number of amides is 1. The first-order valence-corrected chi connectivity index (χ1v) is 6.94. The molecule has 0 saturated carbocycles. The molecule has 2 rings (SSSR count). The van der Waals surface area contributed by atoms with Crippen molar-refractivity contribution in [2.24, 2.45) is 5.73 Å². The molecule has 1 amide bonds. The Labute approximate surface area is 124 Å². The Balaban J connectivity index is 2.09. The first-order valence-electron chi connectivity index (χ1n) is 5.95. The van der Waals surface area contributed by atoms with Gasteiger partial charge in [-0.15, -0.1) is 5.10 Å². The van der Waals surface area contributed by atoms with Crippen LogP contribution in [0.25, 0.3) is 0 Å². The largest absolute Gasteiger partial charge is 0.468 e. The monoisotopic (exact) mass is 307 g/mol. The van der Waals surface area contributed by atoms with Crippen LogP contribution in [-0.4, -0.2) is 39.2 Å². The van der Waals surface area contributed by atoms with Crippen molar-refractivity contribution in [2.75, 3.05) is 7.11 Å². The molecular formula is C12H13N5O3S. The van der Waals surface area contributed by atoms with Crippen LogP contribution in [0.5, 0.6) is 0 Å². The fourth-order valence-corrected chi connectivity index (χ4v) is 2.50. The molecule has 0 radical (unpaired) electrons. The maximum Gasteiger partial charge on any atom is 0.327 e. The van der Waals surface area contributed by atoms with Crippen LogP contribution in [0, 0.1) is 0 Å². The molecule has 2 aromatic rings. The molecule has 0 aliphatic carbocycles. The summed E-state index contributed by atoms with van der Waals surface area (Å²) >= 11 is 1.30. The average molecular weight is 307 g/mol. The zero-order valence-electron chi connectivity index (χ0n) is 11.2. The van der Waals surface area contributed by atoms with E-state index in [0.717, 1.165) is 5.56 Å². The van der Waals surface area contributed by atoms with Crippen molar-refractivity contribution in [1.29, 1.82) is 0 Å². The van der Waals surface area contributed by atoms with Crippen molar-refractivity contribution in [2.45, 2.75) is 17.5 Å². The quantitative estimate of drug-likeness (QED) is 0.600. The fourth-order valence-electron chi connectivity index (χ4n) is 1.61. The number of rotatable bonds is 6. The molecule has 0 spiro atoms. The number of tetrazole rings is 1. The van der Waals surface area contributed by atoms with Crippen LogP contribution in [0.2, 0.25) is 0 Å². The number of ether oxygens (including phenoxy) is 1. The zero-order chi connectivity index (χ0) is 15.2. The van der Waals surface area contributed by atoms with Crippen molar-refractivity contribution in [1.82, 2.24) is 20.2 Å². The Morgan fingerprint density at radius 1 is 1.38 bits per heavy atom. The lowest BCUT2D eigenvalue weighted by Crippen LogP contribution is -2.14. The summed E-state index contributed by atoms with van der Waals surface area (Å²) < 4.78 is 5.90. The van der Waals surface area contributed by atoms with Gasteiger partial charge in [0.1, 0.15) is 6.54 Å². The molecule has 1 heterocycles. The smallest absolute Gasteiger partial charge is 0.327 e. The number of carbonyl (C=O) groups is 2. The highest BCUT2D eigenvalue weighted by molar-refractivity contribution is 7.98. The summed E-state index contributed by atoms with van der Waals surface area (Å²) in [6, 6.07) is 7.03. The van der Waals surface area contributed by atoms with Gasteiger partial charge in [0.15, 0.2) is 0 Å². The molecule has 9 heteroatoms. The molecule has 8 nitrogen and oxygen atoms in total. The first kappa shape index (κ1) is 15.0. The summed E-state index contributed by atoms with van der Waals surface area (Å²) in [5.41, 5.74) is 6.56. The van der Waals surface area contributed by atoms with Gasteiger partial charge >= 0.3 is 5.97 Å². The van der Waals surface area contributed by atoms with Crippen LogP contribution >= 0.6 is 11.8 Å². The van der Waals surface area contributed by atoms with Gasteiger partial charge in [-0.05, 0) is 22.1 Å². The first-order chi connectivity index (χ1) is 10.1. The highest BCUT2D eigenvalue weighted by Crippen LogP contribution is 2.22. The van der Waals surface area contributed by atoms with Gasteiger partial charge in [0, 0.05) is 11.3 Å². The lowest BCUT2D eigenvalue weighted by atomic mass is 10.1. The molecule has 21 heavy (non-hydrogen) atoms. The van der Waals surface area contributed by atoms with Crippen LogP contribution in [0.3, 0.4) is 0 Å². The number of methoxy groups -OCH3 is 1. The summed E-state index contributed by atoms with van der Waals surface area (Å²) in [4.78, 5) is 22.6. The van der Waals surface area contributed by atoms with E-state index in [9.17, 15) is 9.59 Å². The number of nitrogens with two attached hydrogens (primary N) is 1. The van der Waals surface area contributed by atoms with Gasteiger partial charge in [0.2, 0.25) is 11.1 Å². The Hall–Kier alpha value is -2.42. The standard InChI is InChI=1S/C12H13N5O3S/c1-20-10(18)6-17-12(14-15-16-17)21-7-8-4-2-3-5-9(8)11(13)19/h2-5H,6-7H2,1H3,(H2,13,19). The lowest BCUT2D eigenvalue weighted by molar-refractivity contribution is -0.141. The molecule has 1 aromatic heterocycles. The third kappa shape index (κ3) is 3.78. The predicted molar refractivity (Wildman–Crippen MR) is 74.4 cm³/mol. The molecule has 0 aliphatic heterocycles. The van der Waals surface area contributed by atoms with Gasteiger partial charge in [0.05, 0.1) is 7.11 Å². The number of hydrogen-bond acceptors (Lipinski definition) is 7. The molecule has 1 aromatic carbocycles. The highest BCUT2D eigenvalue weighted by Gasteiger charge is 2.13. The van der Waals surface area contributed by atoms with E-state index in [4.69, 9.17) is 5.73 Å². The van der Waals surface area contributed by atoms with E-state index in [-0.39, 0.29) is 6.54 Å². The molecule has 0 fully saturated rings. The van der Waals surface area contributed by atoms with Gasteiger partial charge < -0.3 is 10.5 Å². The summed E-state index contributed by atoms with van der Waals surface area (Å²) in [6.45, 7) is -0.0662. The highest BCUT2D eigenvalue weighted by atomic mass is 32.2. The Bertz CT molecular complexity index is 658. The van der Waals surface area contributed by atoms with Gasteiger partial charge in [0.25, 0.3) is 0 Å². The number of esters is 1. The Morgan fingerprint density at radius 3 is 2.86 bits per heavy atom. The van der Waals surface area contributed by atoms with E-state index in [0.29, 0.717) is 16.5 Å². The molecule has 0 unspecified atom stereocenters. The summed E-state index contributed by atoms with van der Waals surface area (Å²) in [6.07, 6.45) is 0. The fraction of sp³-hybridized carbons (Fsp3) is 0.250. The van der Waals surface area contributed by atoms with Gasteiger partial charge in [-0.1, -0.05) is 30.0 Å². The minimum Gasteiger partial charge on any atom is -0.468 e. The van der Waals surface area contributed by atoms with E-state index in [2.05, 4.69) is 20.3 Å². The molecule has 0 aliphatic rings. The maximum atomic E-state index is 11.3. The summed E-state index contributed by atoms with van der Waals surface area (Å²) in [5.74, 6) is -0.470. The van der Waals surface area contributed by atoms with Crippen molar-refractivity contribution in [3.05, 3.63) is 35.4 Å². The molecule has 2 N–H and O–H groups in total. The average Bonchev–Trinajstić information content (AvgIpc) is 2.92. The second-order valence-corrected chi connectivity index (χ2v) is 4.95. The van der Waals surface area contributed by atoms with Crippen LogP contribution in [-0.2, 0) is 21.8 Å². The third-order valence-corrected chi connectivity index (χ3v) is 3.65.